The van der Waals surface area contributed by atoms with Crippen LogP contribution in [0.2, 0.25) is 0 Å². The number of amides is 3. The predicted molar refractivity (Wildman–Crippen MR) is 97.8 cm³/mol. The minimum Gasteiger partial charge on any atom is -0.449 e. The molecule has 0 aliphatic carbocycles. The quantitative estimate of drug-likeness (QED) is 0.727. The lowest BCUT2D eigenvalue weighted by atomic mass is 9.84. The van der Waals surface area contributed by atoms with Crippen molar-refractivity contribution in [3.8, 4) is 0 Å². The van der Waals surface area contributed by atoms with E-state index in [0.29, 0.717) is 6.42 Å². The Balaban J connectivity index is 5.81. The fourth-order valence-corrected chi connectivity index (χ4v) is 2.45. The Bertz CT molecular complexity index is 469. The molecule has 7 nitrogen and oxygen atoms in total. The topological polar surface area (TPSA) is 102 Å². The van der Waals surface area contributed by atoms with Crippen LogP contribution in [0, 0.1) is 17.3 Å². The van der Waals surface area contributed by atoms with Gasteiger partial charge in [0, 0.05) is 7.05 Å². The number of rotatable bonds is 7. The molecule has 0 aliphatic heterocycles. The molecule has 3 amide bonds. The Hall–Kier alpha value is -1.63. The average Bonchev–Trinajstić information content (AvgIpc) is 2.46. The summed E-state index contributed by atoms with van der Waals surface area (Å²) in [6, 6.07) is -1.89. The Kier molecular flexibility index (Phi) is 9.11. The average molecular weight is 357 g/mol. The van der Waals surface area contributed by atoms with Crippen LogP contribution < -0.4 is 11.1 Å². The molecule has 0 aromatic rings. The summed E-state index contributed by atoms with van der Waals surface area (Å²) in [5.74, 6) is -0.732. The highest BCUT2D eigenvalue weighted by Gasteiger charge is 2.44. The molecule has 0 saturated heterocycles. The zero-order valence-electron chi connectivity index (χ0n) is 16.9. The van der Waals surface area contributed by atoms with E-state index >= 15 is 0 Å². The highest BCUT2D eigenvalue weighted by Crippen LogP contribution is 2.26. The molecule has 0 rings (SSSR count). The fourth-order valence-electron chi connectivity index (χ4n) is 2.45. The van der Waals surface area contributed by atoms with E-state index in [2.05, 4.69) is 5.32 Å². The van der Waals surface area contributed by atoms with Gasteiger partial charge in [0.15, 0.2) is 0 Å². The smallest absolute Gasteiger partial charge is 0.417 e. The van der Waals surface area contributed by atoms with Crippen molar-refractivity contribution in [3.05, 3.63) is 0 Å². The number of nitrogens with one attached hydrogen (secondary N) is 1. The van der Waals surface area contributed by atoms with Crippen LogP contribution in [-0.2, 0) is 14.3 Å². The van der Waals surface area contributed by atoms with Crippen LogP contribution >= 0.6 is 0 Å². The molecule has 0 spiro atoms. The number of ether oxygens (including phenoxy) is 1. The van der Waals surface area contributed by atoms with Crippen LogP contribution in [0.1, 0.15) is 54.9 Å². The van der Waals surface area contributed by atoms with Gasteiger partial charge in [-0.15, -0.1) is 0 Å². The highest BCUT2D eigenvalue weighted by atomic mass is 16.6. The third-order valence-corrected chi connectivity index (χ3v) is 3.59. The lowest BCUT2D eigenvalue weighted by Crippen LogP contribution is -2.60. The molecule has 0 heterocycles. The van der Waals surface area contributed by atoms with Crippen molar-refractivity contribution in [2.24, 2.45) is 23.0 Å². The minimum absolute atomic E-state index is 0.110. The van der Waals surface area contributed by atoms with Crippen LogP contribution in [0.3, 0.4) is 0 Å². The molecule has 2 atom stereocenters. The van der Waals surface area contributed by atoms with Gasteiger partial charge in [0.05, 0.1) is 12.6 Å². The summed E-state index contributed by atoms with van der Waals surface area (Å²) in [5.41, 5.74) is 5.33. The van der Waals surface area contributed by atoms with Crippen LogP contribution in [0.15, 0.2) is 0 Å². The number of nitrogens with two attached hydrogens (primary N) is 1. The summed E-state index contributed by atoms with van der Waals surface area (Å²) in [6.07, 6.45) is -0.418. The van der Waals surface area contributed by atoms with E-state index in [9.17, 15) is 14.4 Å². The minimum atomic E-state index is -1.01. The summed E-state index contributed by atoms with van der Waals surface area (Å²) >= 11 is 0. The summed E-state index contributed by atoms with van der Waals surface area (Å²) in [6.45, 7) is 13.2. The van der Waals surface area contributed by atoms with Crippen molar-refractivity contribution in [1.82, 2.24) is 10.2 Å². The number of imide groups is 1. The first-order valence-electron chi connectivity index (χ1n) is 8.79. The summed E-state index contributed by atoms with van der Waals surface area (Å²) < 4.78 is 5.24. The van der Waals surface area contributed by atoms with E-state index in [4.69, 9.17) is 10.5 Å². The maximum absolute atomic E-state index is 12.9. The second-order valence-corrected chi connectivity index (χ2v) is 8.30. The number of carbonyl (C=O) groups is 3. The van der Waals surface area contributed by atoms with E-state index in [0.717, 1.165) is 4.90 Å². The largest absolute Gasteiger partial charge is 0.449 e. The van der Waals surface area contributed by atoms with Gasteiger partial charge in [0.1, 0.15) is 6.04 Å². The molecule has 0 radical (unpaired) electrons. The fraction of sp³-hybridized carbons (Fsp3) is 0.833. The molecule has 0 aliphatic rings. The molecule has 0 aromatic carbocycles. The molecular formula is C18H35N3O4. The number of likely N-dealkylation sites (N-methyl/N-ethyl adjacent to an activating group) is 1. The van der Waals surface area contributed by atoms with Crippen LogP contribution in [-0.4, -0.2) is 48.5 Å². The van der Waals surface area contributed by atoms with Crippen molar-refractivity contribution in [2.45, 2.75) is 67.0 Å². The SMILES string of the molecule is CNC(=O)[C@@H](N(C(=O)OCC(C)C)C(=O)[C@@H](N)CC(C)C)C(C)(C)C. The van der Waals surface area contributed by atoms with Gasteiger partial charge in [-0.05, 0) is 23.7 Å². The molecule has 7 heteroatoms. The third kappa shape index (κ3) is 7.42. The van der Waals surface area contributed by atoms with Crippen LogP contribution in [0.4, 0.5) is 4.79 Å². The number of carbonyl (C=O) groups excluding carboxylic acids is 3. The van der Waals surface area contributed by atoms with Gasteiger partial charge < -0.3 is 15.8 Å². The molecule has 0 saturated carbocycles. The lowest BCUT2D eigenvalue weighted by molar-refractivity contribution is -0.143. The first-order valence-corrected chi connectivity index (χ1v) is 8.79. The van der Waals surface area contributed by atoms with Crippen molar-refractivity contribution in [1.29, 1.82) is 0 Å². The van der Waals surface area contributed by atoms with Gasteiger partial charge in [-0.2, -0.15) is 0 Å². The van der Waals surface area contributed by atoms with Crippen LogP contribution in [0.25, 0.3) is 0 Å². The van der Waals surface area contributed by atoms with Gasteiger partial charge in [-0.1, -0.05) is 48.5 Å². The van der Waals surface area contributed by atoms with E-state index < -0.39 is 35.4 Å². The second kappa shape index (κ2) is 9.75. The molecule has 0 unspecified atom stereocenters. The maximum Gasteiger partial charge on any atom is 0.417 e. The third-order valence-electron chi connectivity index (χ3n) is 3.59. The Labute approximate surface area is 151 Å². The Morgan fingerprint density at radius 3 is 1.96 bits per heavy atom. The predicted octanol–water partition coefficient (Wildman–Crippen LogP) is 2.14. The highest BCUT2D eigenvalue weighted by molar-refractivity contribution is 6.00. The molecule has 146 valence electrons. The number of hydrogen-bond donors (Lipinski definition) is 2. The summed E-state index contributed by atoms with van der Waals surface area (Å²) in [7, 11) is 1.47. The van der Waals surface area contributed by atoms with Crippen LogP contribution in [0.5, 0.6) is 0 Å². The van der Waals surface area contributed by atoms with Crippen molar-refractivity contribution >= 4 is 17.9 Å². The molecule has 3 N–H and O–H groups in total. The molecule has 25 heavy (non-hydrogen) atoms. The second-order valence-electron chi connectivity index (χ2n) is 8.30. The van der Waals surface area contributed by atoms with Gasteiger partial charge in [-0.3, -0.25) is 9.59 Å². The summed E-state index contributed by atoms with van der Waals surface area (Å²) in [4.78, 5) is 38.9. The lowest BCUT2D eigenvalue weighted by Gasteiger charge is -2.38. The first-order chi connectivity index (χ1) is 11.3. The van der Waals surface area contributed by atoms with Gasteiger partial charge >= 0.3 is 6.09 Å². The van der Waals surface area contributed by atoms with Gasteiger partial charge in [0.25, 0.3) is 0 Å². The summed E-state index contributed by atoms with van der Waals surface area (Å²) in [5, 5.41) is 2.52. The van der Waals surface area contributed by atoms with E-state index in [-0.39, 0.29) is 18.4 Å². The molecule has 0 aromatic heterocycles. The molecular weight excluding hydrogens is 322 g/mol. The van der Waals surface area contributed by atoms with E-state index in [1.165, 1.54) is 7.05 Å². The zero-order valence-corrected chi connectivity index (χ0v) is 16.9. The number of hydrogen-bond acceptors (Lipinski definition) is 5. The Morgan fingerprint density at radius 1 is 1.08 bits per heavy atom. The van der Waals surface area contributed by atoms with Crippen molar-refractivity contribution in [2.75, 3.05) is 13.7 Å². The Morgan fingerprint density at radius 2 is 1.60 bits per heavy atom. The van der Waals surface area contributed by atoms with E-state index in [1.54, 1.807) is 20.8 Å². The van der Waals surface area contributed by atoms with E-state index in [1.807, 2.05) is 27.7 Å². The van der Waals surface area contributed by atoms with Gasteiger partial charge in [-0.25, -0.2) is 9.69 Å². The maximum atomic E-state index is 12.9. The normalized spacial score (nSPS) is 14.2. The van der Waals surface area contributed by atoms with Crippen molar-refractivity contribution < 1.29 is 19.1 Å². The van der Waals surface area contributed by atoms with Gasteiger partial charge in [0.2, 0.25) is 11.8 Å². The first kappa shape index (κ1) is 23.4. The zero-order chi connectivity index (χ0) is 19.9. The van der Waals surface area contributed by atoms with Crippen molar-refractivity contribution in [3.63, 3.8) is 0 Å². The monoisotopic (exact) mass is 357 g/mol. The molecule has 0 fully saturated rings. The standard InChI is InChI=1S/C18H35N3O4/c1-11(2)9-13(19)16(23)21(17(24)25-10-12(3)4)14(15(22)20-8)18(5,6)7/h11-14H,9-10,19H2,1-8H3,(H,20,22)/t13-,14+/m0/s1. The number of nitrogens with zero attached hydrogens (tertiary/aromatic N) is 1. The molecule has 0 bridgehead atoms.